The van der Waals surface area contributed by atoms with Crippen molar-refractivity contribution in [1.82, 2.24) is 20.1 Å². The summed E-state index contributed by atoms with van der Waals surface area (Å²) < 4.78 is 38.7. The van der Waals surface area contributed by atoms with Gasteiger partial charge in [-0.3, -0.25) is 14.9 Å². The average Bonchev–Trinajstić information content (AvgIpc) is 2.64. The number of rotatable bonds is 5. The molecule has 0 saturated carbocycles. The van der Waals surface area contributed by atoms with Gasteiger partial charge in [0.1, 0.15) is 6.04 Å². The first-order valence-electron chi connectivity index (χ1n) is 9.40. The Morgan fingerprint density at radius 1 is 1.22 bits per heavy atom. The molecule has 1 N–H and O–H groups in total. The van der Waals surface area contributed by atoms with Gasteiger partial charge in [0.05, 0.1) is 0 Å². The Morgan fingerprint density at radius 2 is 1.89 bits per heavy atom. The van der Waals surface area contributed by atoms with E-state index in [1.54, 1.807) is 13.2 Å². The van der Waals surface area contributed by atoms with Crippen molar-refractivity contribution in [3.63, 3.8) is 0 Å². The Morgan fingerprint density at radius 3 is 2.37 bits per heavy atom. The summed E-state index contributed by atoms with van der Waals surface area (Å²) in [7, 11) is 1.71. The molecule has 2 heterocycles. The predicted octanol–water partition coefficient (Wildman–Crippen LogP) is 2.97. The standard InChI is InChI=1S/C19H30F3N5/c1-14(2)17(16-6-5-7-24-12-16)13-25-18(23-4)27-10-8-26(9-11-27)15(3)19(20,21)22/h5-7,12,14-15,17H,8-11,13H2,1-4H3,(H,23,25). The molecule has 1 aliphatic rings. The second kappa shape index (κ2) is 9.39. The van der Waals surface area contributed by atoms with Crippen LogP contribution in [-0.2, 0) is 0 Å². The number of hydrogen-bond acceptors (Lipinski definition) is 3. The monoisotopic (exact) mass is 385 g/mol. The molecule has 0 aromatic carbocycles. The second-order valence-corrected chi connectivity index (χ2v) is 7.31. The quantitative estimate of drug-likeness (QED) is 0.625. The lowest BCUT2D eigenvalue weighted by Crippen LogP contribution is -2.57. The van der Waals surface area contributed by atoms with Crippen molar-refractivity contribution in [2.45, 2.75) is 38.9 Å². The van der Waals surface area contributed by atoms with Gasteiger partial charge in [-0.05, 0) is 24.5 Å². The van der Waals surface area contributed by atoms with Crippen LogP contribution in [0.2, 0.25) is 0 Å². The van der Waals surface area contributed by atoms with E-state index in [9.17, 15) is 13.2 Å². The van der Waals surface area contributed by atoms with E-state index in [-0.39, 0.29) is 5.92 Å². The van der Waals surface area contributed by atoms with Gasteiger partial charge in [0.2, 0.25) is 0 Å². The average molecular weight is 385 g/mol. The Bertz CT molecular complexity index is 595. The summed E-state index contributed by atoms with van der Waals surface area (Å²) in [6.07, 6.45) is -0.544. The first kappa shape index (κ1) is 21.5. The third-order valence-corrected chi connectivity index (χ3v) is 5.24. The fourth-order valence-electron chi connectivity index (χ4n) is 3.40. The Balaban J connectivity index is 1.92. The SMILES string of the molecule is CN=C(NCC(c1cccnc1)C(C)C)N1CCN(C(C)C(F)(F)F)CC1. The number of halogens is 3. The molecule has 1 fully saturated rings. The van der Waals surface area contributed by atoms with Crippen LogP contribution in [-0.4, -0.2) is 72.7 Å². The van der Waals surface area contributed by atoms with E-state index in [2.05, 4.69) is 35.2 Å². The molecule has 0 bridgehead atoms. The van der Waals surface area contributed by atoms with E-state index >= 15 is 0 Å². The van der Waals surface area contributed by atoms with Gasteiger partial charge in [-0.25, -0.2) is 0 Å². The molecule has 152 valence electrons. The number of aliphatic imine (C=N–C) groups is 1. The number of piperazine rings is 1. The maximum Gasteiger partial charge on any atom is 0.403 e. The summed E-state index contributed by atoms with van der Waals surface area (Å²) in [6.45, 7) is 8.06. The van der Waals surface area contributed by atoms with Crippen molar-refractivity contribution < 1.29 is 13.2 Å². The summed E-state index contributed by atoms with van der Waals surface area (Å²) in [5.41, 5.74) is 1.17. The van der Waals surface area contributed by atoms with E-state index in [0.29, 0.717) is 38.6 Å². The molecular formula is C19H30F3N5. The second-order valence-electron chi connectivity index (χ2n) is 7.31. The molecule has 1 saturated heterocycles. The highest BCUT2D eigenvalue weighted by atomic mass is 19.4. The largest absolute Gasteiger partial charge is 0.403 e. The highest BCUT2D eigenvalue weighted by Gasteiger charge is 2.41. The molecule has 2 rings (SSSR count). The molecule has 2 unspecified atom stereocenters. The van der Waals surface area contributed by atoms with Crippen LogP contribution < -0.4 is 5.32 Å². The van der Waals surface area contributed by atoms with Gasteiger partial charge in [-0.1, -0.05) is 19.9 Å². The smallest absolute Gasteiger partial charge is 0.356 e. The minimum atomic E-state index is -4.18. The van der Waals surface area contributed by atoms with Crippen LogP contribution in [0, 0.1) is 5.92 Å². The molecule has 1 aromatic rings. The maximum absolute atomic E-state index is 12.9. The van der Waals surface area contributed by atoms with Gasteiger partial charge < -0.3 is 10.2 Å². The van der Waals surface area contributed by atoms with Gasteiger partial charge in [0, 0.05) is 58.1 Å². The number of guanidine groups is 1. The first-order valence-corrected chi connectivity index (χ1v) is 9.40. The molecule has 1 aliphatic heterocycles. The summed E-state index contributed by atoms with van der Waals surface area (Å²) in [6, 6.07) is 2.59. The summed E-state index contributed by atoms with van der Waals surface area (Å²) in [5.74, 6) is 1.44. The number of hydrogen-bond donors (Lipinski definition) is 1. The molecule has 5 nitrogen and oxygen atoms in total. The van der Waals surface area contributed by atoms with Crippen LogP contribution in [0.3, 0.4) is 0 Å². The zero-order valence-electron chi connectivity index (χ0n) is 16.5. The highest BCUT2D eigenvalue weighted by molar-refractivity contribution is 5.80. The summed E-state index contributed by atoms with van der Waals surface area (Å²) >= 11 is 0. The van der Waals surface area contributed by atoms with Crippen LogP contribution in [0.25, 0.3) is 0 Å². The van der Waals surface area contributed by atoms with Gasteiger partial charge in [0.15, 0.2) is 5.96 Å². The lowest BCUT2D eigenvalue weighted by molar-refractivity contribution is -0.181. The number of pyridine rings is 1. The van der Waals surface area contributed by atoms with Crippen LogP contribution in [0.5, 0.6) is 0 Å². The van der Waals surface area contributed by atoms with Gasteiger partial charge in [-0.15, -0.1) is 0 Å². The Kier molecular flexibility index (Phi) is 7.47. The molecule has 0 spiro atoms. The minimum absolute atomic E-state index is 0.280. The number of aromatic nitrogens is 1. The third-order valence-electron chi connectivity index (χ3n) is 5.24. The van der Waals surface area contributed by atoms with Crippen LogP contribution in [0.4, 0.5) is 13.2 Å². The number of nitrogens with zero attached hydrogens (tertiary/aromatic N) is 4. The van der Waals surface area contributed by atoms with E-state index in [4.69, 9.17) is 0 Å². The molecule has 2 atom stereocenters. The third kappa shape index (κ3) is 5.82. The van der Waals surface area contributed by atoms with E-state index in [0.717, 1.165) is 5.96 Å². The maximum atomic E-state index is 12.9. The van der Waals surface area contributed by atoms with Crippen molar-refractivity contribution in [3.8, 4) is 0 Å². The predicted molar refractivity (Wildman–Crippen MR) is 102 cm³/mol. The van der Waals surface area contributed by atoms with Crippen molar-refractivity contribution in [1.29, 1.82) is 0 Å². The molecule has 1 aromatic heterocycles. The van der Waals surface area contributed by atoms with Crippen LogP contribution in [0.1, 0.15) is 32.3 Å². The summed E-state index contributed by atoms with van der Waals surface area (Å²) in [5, 5.41) is 3.40. The van der Waals surface area contributed by atoms with Crippen molar-refractivity contribution in [3.05, 3.63) is 30.1 Å². The number of alkyl halides is 3. The molecule has 0 aliphatic carbocycles. The van der Waals surface area contributed by atoms with E-state index in [1.165, 1.54) is 17.4 Å². The van der Waals surface area contributed by atoms with Crippen molar-refractivity contribution in [2.24, 2.45) is 10.9 Å². The first-order chi connectivity index (χ1) is 12.7. The van der Waals surface area contributed by atoms with Gasteiger partial charge in [0.25, 0.3) is 0 Å². The Labute approximate surface area is 159 Å². The zero-order chi connectivity index (χ0) is 20.0. The normalized spacial score (nSPS) is 19.3. The summed E-state index contributed by atoms with van der Waals surface area (Å²) in [4.78, 5) is 12.0. The van der Waals surface area contributed by atoms with Crippen molar-refractivity contribution >= 4 is 5.96 Å². The fourth-order valence-corrected chi connectivity index (χ4v) is 3.40. The fraction of sp³-hybridized carbons (Fsp3) is 0.684. The molecule has 0 amide bonds. The molecular weight excluding hydrogens is 355 g/mol. The number of nitrogens with one attached hydrogen (secondary N) is 1. The van der Waals surface area contributed by atoms with Crippen molar-refractivity contribution in [2.75, 3.05) is 39.8 Å². The minimum Gasteiger partial charge on any atom is -0.356 e. The molecule has 27 heavy (non-hydrogen) atoms. The van der Waals surface area contributed by atoms with Crippen LogP contribution >= 0.6 is 0 Å². The topological polar surface area (TPSA) is 43.8 Å². The molecule has 8 heteroatoms. The van der Waals surface area contributed by atoms with E-state index in [1.807, 2.05) is 17.2 Å². The van der Waals surface area contributed by atoms with Crippen LogP contribution in [0.15, 0.2) is 29.5 Å². The van der Waals surface area contributed by atoms with Gasteiger partial charge in [-0.2, -0.15) is 13.2 Å². The van der Waals surface area contributed by atoms with Gasteiger partial charge >= 0.3 is 6.18 Å². The van der Waals surface area contributed by atoms with E-state index < -0.39 is 12.2 Å². The zero-order valence-corrected chi connectivity index (χ0v) is 16.5. The lowest BCUT2D eigenvalue weighted by Gasteiger charge is -2.40. The Hall–Kier alpha value is -1.83. The lowest BCUT2D eigenvalue weighted by atomic mass is 9.89. The molecule has 0 radical (unpaired) electrons. The highest BCUT2D eigenvalue weighted by Crippen LogP contribution is 2.25.